The summed E-state index contributed by atoms with van der Waals surface area (Å²) in [5, 5.41) is 25.9. The molecule has 0 unspecified atom stereocenters. The summed E-state index contributed by atoms with van der Waals surface area (Å²) in [6.45, 7) is 8.16. The fourth-order valence-corrected chi connectivity index (χ4v) is 4.46. The Hall–Kier alpha value is -3.93. The quantitative estimate of drug-likeness (QED) is 0.213. The lowest BCUT2D eigenvalue weighted by atomic mass is 10.0. The number of aryl methyl sites for hydroxylation is 1. The van der Waals surface area contributed by atoms with E-state index in [2.05, 4.69) is 20.8 Å². The Morgan fingerprint density at radius 1 is 1.16 bits per heavy atom. The Kier molecular flexibility index (Phi) is 9.23. The number of nitrogens with zero attached hydrogens (tertiary/aromatic N) is 4. The number of hydrogen-bond acceptors (Lipinski definition) is 8. The molecular weight excluding hydrogens is 496 g/mol. The predicted molar refractivity (Wildman–Crippen MR) is 141 cm³/mol. The number of methoxy groups -OCH3 is 1. The zero-order chi connectivity index (χ0) is 27.1. The van der Waals surface area contributed by atoms with E-state index in [1.165, 1.54) is 30.0 Å². The van der Waals surface area contributed by atoms with Crippen LogP contribution in [0.3, 0.4) is 0 Å². The first kappa shape index (κ1) is 27.7. The molecule has 0 fully saturated rings. The minimum atomic E-state index is -0.479. The highest BCUT2D eigenvalue weighted by atomic mass is 32.2. The second-order valence-electron chi connectivity index (χ2n) is 8.60. The van der Waals surface area contributed by atoms with Gasteiger partial charge in [0, 0.05) is 29.9 Å². The number of nitrogens with one attached hydrogen (secondary N) is 2. The number of ether oxygens (including phenoxy) is 1. The van der Waals surface area contributed by atoms with Gasteiger partial charge in [-0.25, -0.2) is 0 Å². The number of anilines is 1. The summed E-state index contributed by atoms with van der Waals surface area (Å²) in [4.78, 5) is 35.9. The summed E-state index contributed by atoms with van der Waals surface area (Å²) < 4.78 is 7.04. The molecule has 0 spiro atoms. The number of nitro benzene ring substituents is 1. The number of hydrogen-bond donors (Lipinski definition) is 2. The van der Waals surface area contributed by atoms with Crippen molar-refractivity contribution in [2.75, 3.05) is 18.2 Å². The van der Waals surface area contributed by atoms with Crippen LogP contribution < -0.4 is 15.4 Å². The maximum absolute atomic E-state index is 12.9. The number of aromatic nitrogens is 3. The lowest BCUT2D eigenvalue weighted by Gasteiger charge is -2.22. The van der Waals surface area contributed by atoms with Crippen LogP contribution in [-0.4, -0.2) is 44.4 Å². The molecule has 0 radical (unpaired) electrons. The number of non-ortho nitro benzene ring substituents is 1. The van der Waals surface area contributed by atoms with Gasteiger partial charge in [-0.1, -0.05) is 25.6 Å². The maximum Gasteiger partial charge on any atom is 0.269 e. The van der Waals surface area contributed by atoms with E-state index in [9.17, 15) is 19.7 Å². The molecule has 3 aromatic rings. The zero-order valence-corrected chi connectivity index (χ0v) is 22.2. The molecule has 37 heavy (non-hydrogen) atoms. The van der Waals surface area contributed by atoms with Gasteiger partial charge in [-0.3, -0.25) is 19.7 Å². The van der Waals surface area contributed by atoms with Gasteiger partial charge >= 0.3 is 0 Å². The van der Waals surface area contributed by atoms with Crippen molar-refractivity contribution in [3.8, 4) is 5.75 Å². The molecule has 11 nitrogen and oxygen atoms in total. The summed E-state index contributed by atoms with van der Waals surface area (Å²) in [7, 11) is 1.57. The molecule has 12 heteroatoms. The van der Waals surface area contributed by atoms with Crippen LogP contribution >= 0.6 is 11.8 Å². The molecule has 2 amide bonds. The van der Waals surface area contributed by atoms with Crippen molar-refractivity contribution in [2.45, 2.75) is 45.4 Å². The van der Waals surface area contributed by atoms with Crippen LogP contribution in [0.25, 0.3) is 0 Å². The third kappa shape index (κ3) is 6.85. The molecule has 1 atom stereocenters. The van der Waals surface area contributed by atoms with Gasteiger partial charge in [-0.05, 0) is 55.7 Å². The van der Waals surface area contributed by atoms with E-state index in [4.69, 9.17) is 4.74 Å². The molecule has 0 saturated carbocycles. The summed E-state index contributed by atoms with van der Waals surface area (Å²) in [5.41, 5.74) is 1.57. The average Bonchev–Trinajstić information content (AvgIpc) is 3.29. The Morgan fingerprint density at radius 2 is 1.86 bits per heavy atom. The van der Waals surface area contributed by atoms with Crippen molar-refractivity contribution >= 4 is 35.0 Å². The molecule has 1 aromatic heterocycles. The fraction of sp³-hybridized carbons (Fsp3) is 0.360. The number of rotatable bonds is 11. The van der Waals surface area contributed by atoms with Crippen molar-refractivity contribution in [2.24, 2.45) is 5.92 Å². The second kappa shape index (κ2) is 12.3. The minimum absolute atomic E-state index is 0.0305. The third-order valence-electron chi connectivity index (χ3n) is 5.67. The predicted octanol–water partition coefficient (Wildman–Crippen LogP) is 4.38. The number of benzene rings is 2. The molecule has 0 bridgehead atoms. The summed E-state index contributed by atoms with van der Waals surface area (Å²) in [5.74, 6) is 0.856. The first-order valence-electron chi connectivity index (χ1n) is 11.7. The van der Waals surface area contributed by atoms with E-state index in [1.54, 1.807) is 38.3 Å². The van der Waals surface area contributed by atoms with Gasteiger partial charge in [-0.15, -0.1) is 10.2 Å². The summed E-state index contributed by atoms with van der Waals surface area (Å²) in [6.07, 6.45) is 0. The standard InChI is InChI=1S/C25H30N6O5S/c1-6-30-23(22(15(2)3)27-24(33)17-7-10-19(36-5)11-8-17)28-29-25(30)37-14-21(32)26-20-12-9-18(31(34)35)13-16(20)4/h7-13,15,22H,6,14H2,1-5H3,(H,26,32)(H,27,33)/t22-/m0/s1. The number of thioether (sulfide) groups is 1. The van der Waals surface area contributed by atoms with Crippen molar-refractivity contribution in [3.63, 3.8) is 0 Å². The lowest BCUT2D eigenvalue weighted by molar-refractivity contribution is -0.384. The molecule has 2 N–H and O–H groups in total. The molecule has 3 rings (SSSR count). The van der Waals surface area contributed by atoms with E-state index in [-0.39, 0.29) is 29.2 Å². The number of carbonyl (C=O) groups excluding carboxylic acids is 2. The Morgan fingerprint density at radius 3 is 2.43 bits per heavy atom. The number of amides is 2. The highest BCUT2D eigenvalue weighted by Gasteiger charge is 2.26. The van der Waals surface area contributed by atoms with Crippen molar-refractivity contribution in [1.82, 2.24) is 20.1 Å². The van der Waals surface area contributed by atoms with Gasteiger partial charge in [0.05, 0.1) is 23.8 Å². The van der Waals surface area contributed by atoms with Gasteiger partial charge in [0.1, 0.15) is 5.75 Å². The van der Waals surface area contributed by atoms with Crippen LogP contribution in [0.4, 0.5) is 11.4 Å². The maximum atomic E-state index is 12.9. The molecule has 196 valence electrons. The molecule has 2 aromatic carbocycles. The highest BCUT2D eigenvalue weighted by molar-refractivity contribution is 7.99. The van der Waals surface area contributed by atoms with Gasteiger partial charge in [-0.2, -0.15) is 0 Å². The van der Waals surface area contributed by atoms with Crippen LogP contribution in [0.5, 0.6) is 5.75 Å². The normalized spacial score (nSPS) is 11.7. The Bertz CT molecular complexity index is 1280. The number of nitro groups is 1. The van der Waals surface area contributed by atoms with Crippen LogP contribution in [0, 0.1) is 23.0 Å². The minimum Gasteiger partial charge on any atom is -0.497 e. The molecule has 0 saturated heterocycles. The van der Waals surface area contributed by atoms with Crippen molar-refractivity contribution in [3.05, 3.63) is 69.5 Å². The van der Waals surface area contributed by atoms with Gasteiger partial charge in [0.2, 0.25) is 5.91 Å². The Balaban J connectivity index is 1.70. The first-order valence-corrected chi connectivity index (χ1v) is 12.7. The SMILES string of the molecule is CCn1c(SCC(=O)Nc2ccc([N+](=O)[O-])cc2C)nnc1[C@@H](NC(=O)c1ccc(OC)cc1)C(C)C. The monoisotopic (exact) mass is 526 g/mol. The molecule has 1 heterocycles. The molecule has 0 aliphatic carbocycles. The molecule has 0 aliphatic heterocycles. The first-order chi connectivity index (χ1) is 17.6. The van der Waals surface area contributed by atoms with Gasteiger partial charge in [0.15, 0.2) is 11.0 Å². The summed E-state index contributed by atoms with van der Waals surface area (Å²) in [6, 6.07) is 10.7. The van der Waals surface area contributed by atoms with Crippen LogP contribution in [0.2, 0.25) is 0 Å². The average molecular weight is 527 g/mol. The van der Waals surface area contributed by atoms with Crippen molar-refractivity contribution < 1.29 is 19.2 Å². The molecular formula is C25H30N6O5S. The van der Waals surface area contributed by atoms with E-state index in [0.29, 0.717) is 40.1 Å². The fourth-order valence-electron chi connectivity index (χ4n) is 3.65. The largest absolute Gasteiger partial charge is 0.497 e. The van der Waals surface area contributed by atoms with Gasteiger partial charge in [0.25, 0.3) is 11.6 Å². The lowest BCUT2D eigenvalue weighted by Crippen LogP contribution is -2.33. The summed E-state index contributed by atoms with van der Waals surface area (Å²) >= 11 is 1.22. The Labute approximate surface area is 219 Å². The van der Waals surface area contributed by atoms with Crippen molar-refractivity contribution in [1.29, 1.82) is 0 Å². The van der Waals surface area contributed by atoms with Crippen LogP contribution in [0.1, 0.15) is 48.6 Å². The number of carbonyl (C=O) groups is 2. The van der Waals surface area contributed by atoms with E-state index < -0.39 is 11.0 Å². The molecule has 0 aliphatic rings. The van der Waals surface area contributed by atoms with Crippen LogP contribution in [-0.2, 0) is 11.3 Å². The third-order valence-corrected chi connectivity index (χ3v) is 6.64. The van der Waals surface area contributed by atoms with Gasteiger partial charge < -0.3 is 19.9 Å². The zero-order valence-electron chi connectivity index (χ0n) is 21.3. The topological polar surface area (TPSA) is 141 Å². The second-order valence-corrected chi connectivity index (χ2v) is 9.54. The highest BCUT2D eigenvalue weighted by Crippen LogP contribution is 2.26. The van der Waals surface area contributed by atoms with Crippen LogP contribution in [0.15, 0.2) is 47.6 Å². The smallest absolute Gasteiger partial charge is 0.269 e. The van der Waals surface area contributed by atoms with E-state index >= 15 is 0 Å². The van der Waals surface area contributed by atoms with E-state index in [0.717, 1.165) is 0 Å². The van der Waals surface area contributed by atoms with E-state index in [1.807, 2.05) is 25.3 Å².